The van der Waals surface area contributed by atoms with Crippen molar-refractivity contribution in [2.75, 3.05) is 7.11 Å². The number of aryl methyl sites for hydroxylation is 1. The Morgan fingerprint density at radius 1 is 1.24 bits per heavy atom. The molecule has 0 atom stereocenters. The predicted molar refractivity (Wildman–Crippen MR) is 71.7 cm³/mol. The van der Waals surface area contributed by atoms with Crippen LogP contribution < -0.4 is 10.1 Å². The Morgan fingerprint density at radius 3 is 2.47 bits per heavy atom. The first-order chi connectivity index (χ1) is 8.13. The molecule has 2 rings (SSSR count). The fourth-order valence-electron chi connectivity index (χ4n) is 2.51. The lowest BCUT2D eigenvalue weighted by molar-refractivity contribution is 0.338. The van der Waals surface area contributed by atoms with E-state index in [2.05, 4.69) is 32.2 Å². The zero-order valence-electron chi connectivity index (χ0n) is 11.4. The smallest absolute Gasteiger partial charge is 0.124 e. The molecular formula is C15H23NO. The zero-order valence-corrected chi connectivity index (χ0v) is 11.4. The van der Waals surface area contributed by atoms with Crippen molar-refractivity contribution in [3.63, 3.8) is 0 Å². The second-order valence-electron chi connectivity index (χ2n) is 5.14. The molecule has 94 valence electrons. The molecule has 0 unspecified atom stereocenters. The molecule has 1 aliphatic carbocycles. The van der Waals surface area contributed by atoms with Gasteiger partial charge in [-0.15, -0.1) is 0 Å². The second kappa shape index (κ2) is 5.09. The van der Waals surface area contributed by atoms with Crippen molar-refractivity contribution < 1.29 is 4.74 Å². The van der Waals surface area contributed by atoms with Crippen LogP contribution >= 0.6 is 0 Å². The largest absolute Gasteiger partial charge is 0.496 e. The molecule has 2 heteroatoms. The van der Waals surface area contributed by atoms with E-state index < -0.39 is 0 Å². The van der Waals surface area contributed by atoms with Gasteiger partial charge in [0, 0.05) is 12.6 Å². The summed E-state index contributed by atoms with van der Waals surface area (Å²) in [6, 6.07) is 3.00. The maximum Gasteiger partial charge on any atom is 0.124 e. The lowest BCUT2D eigenvalue weighted by atomic mass is 9.92. The number of benzene rings is 1. The van der Waals surface area contributed by atoms with Crippen LogP contribution in [0, 0.1) is 20.8 Å². The van der Waals surface area contributed by atoms with E-state index >= 15 is 0 Å². The quantitative estimate of drug-likeness (QED) is 0.862. The molecule has 1 N–H and O–H groups in total. The molecule has 0 aromatic heterocycles. The molecule has 2 nitrogen and oxygen atoms in total. The van der Waals surface area contributed by atoms with Crippen molar-refractivity contribution in [2.24, 2.45) is 0 Å². The van der Waals surface area contributed by atoms with Gasteiger partial charge >= 0.3 is 0 Å². The SMILES string of the molecule is COc1c(C)cc(CNC2CCC2)c(C)c1C. The summed E-state index contributed by atoms with van der Waals surface area (Å²) in [6.07, 6.45) is 4.07. The molecule has 1 fully saturated rings. The number of methoxy groups -OCH3 is 1. The van der Waals surface area contributed by atoms with Crippen LogP contribution in [0.1, 0.15) is 41.5 Å². The number of ether oxygens (including phenoxy) is 1. The summed E-state index contributed by atoms with van der Waals surface area (Å²) in [5.74, 6) is 1.04. The van der Waals surface area contributed by atoms with E-state index in [0.29, 0.717) is 0 Å². The van der Waals surface area contributed by atoms with Crippen LogP contribution in [0.5, 0.6) is 5.75 Å². The lowest BCUT2D eigenvalue weighted by Gasteiger charge is -2.27. The molecule has 0 amide bonds. The number of hydrogen-bond acceptors (Lipinski definition) is 2. The Bertz CT molecular complexity index is 408. The predicted octanol–water partition coefficient (Wildman–Crippen LogP) is 3.26. The van der Waals surface area contributed by atoms with Crippen molar-refractivity contribution in [1.29, 1.82) is 0 Å². The highest BCUT2D eigenvalue weighted by Gasteiger charge is 2.17. The third-order valence-electron chi connectivity index (χ3n) is 4.02. The maximum atomic E-state index is 5.45. The third kappa shape index (κ3) is 2.47. The van der Waals surface area contributed by atoms with E-state index in [1.54, 1.807) is 7.11 Å². The molecule has 0 aliphatic heterocycles. The highest BCUT2D eigenvalue weighted by atomic mass is 16.5. The Hall–Kier alpha value is -1.02. The third-order valence-corrected chi connectivity index (χ3v) is 4.02. The molecule has 17 heavy (non-hydrogen) atoms. The van der Waals surface area contributed by atoms with E-state index in [0.717, 1.165) is 18.3 Å². The van der Waals surface area contributed by atoms with Gasteiger partial charge < -0.3 is 10.1 Å². The molecule has 0 saturated heterocycles. The minimum atomic E-state index is 0.747. The number of nitrogens with one attached hydrogen (secondary N) is 1. The molecule has 1 aromatic carbocycles. The topological polar surface area (TPSA) is 21.3 Å². The minimum Gasteiger partial charge on any atom is -0.496 e. The molecule has 1 saturated carbocycles. The minimum absolute atomic E-state index is 0.747. The average molecular weight is 233 g/mol. The summed E-state index contributed by atoms with van der Waals surface area (Å²) in [5, 5.41) is 3.63. The van der Waals surface area contributed by atoms with Crippen LogP contribution in [0.2, 0.25) is 0 Å². The number of hydrogen-bond donors (Lipinski definition) is 1. The van der Waals surface area contributed by atoms with Crippen LogP contribution in [0.25, 0.3) is 0 Å². The van der Waals surface area contributed by atoms with E-state index in [1.807, 2.05) is 0 Å². The fraction of sp³-hybridized carbons (Fsp3) is 0.600. The standard InChI is InChI=1S/C15H23NO/c1-10-8-13(9-16-14-6-5-7-14)11(2)12(3)15(10)17-4/h8,14,16H,5-7,9H2,1-4H3. The molecule has 0 spiro atoms. The molecule has 0 heterocycles. The normalized spacial score (nSPS) is 15.8. The second-order valence-corrected chi connectivity index (χ2v) is 5.14. The summed E-state index contributed by atoms with van der Waals surface area (Å²) in [7, 11) is 1.75. The summed E-state index contributed by atoms with van der Waals surface area (Å²) >= 11 is 0. The van der Waals surface area contributed by atoms with Crippen molar-refractivity contribution in [2.45, 2.75) is 52.6 Å². The Balaban J connectivity index is 2.16. The molecule has 0 radical (unpaired) electrons. The van der Waals surface area contributed by atoms with E-state index in [4.69, 9.17) is 4.74 Å². The average Bonchev–Trinajstić information content (AvgIpc) is 2.23. The van der Waals surface area contributed by atoms with E-state index in [1.165, 1.54) is 41.5 Å². The zero-order chi connectivity index (χ0) is 12.4. The molecule has 1 aliphatic rings. The van der Waals surface area contributed by atoms with Gasteiger partial charge in [-0.1, -0.05) is 12.5 Å². The van der Waals surface area contributed by atoms with E-state index in [9.17, 15) is 0 Å². The highest BCUT2D eigenvalue weighted by Crippen LogP contribution is 2.29. The first-order valence-corrected chi connectivity index (χ1v) is 6.50. The lowest BCUT2D eigenvalue weighted by Crippen LogP contribution is -2.34. The van der Waals surface area contributed by atoms with Crippen molar-refractivity contribution in [3.05, 3.63) is 28.3 Å². The van der Waals surface area contributed by atoms with Crippen molar-refractivity contribution in [1.82, 2.24) is 5.32 Å². The summed E-state index contributed by atoms with van der Waals surface area (Å²) in [5.41, 5.74) is 5.28. The first kappa shape index (κ1) is 12.4. The van der Waals surface area contributed by atoms with Crippen LogP contribution in [0.4, 0.5) is 0 Å². The Labute approximate surface area is 104 Å². The summed E-state index contributed by atoms with van der Waals surface area (Å²) in [4.78, 5) is 0. The van der Waals surface area contributed by atoms with Crippen molar-refractivity contribution >= 4 is 0 Å². The van der Waals surface area contributed by atoms with Gasteiger partial charge in [0.1, 0.15) is 5.75 Å². The van der Waals surface area contributed by atoms with Gasteiger partial charge in [0.25, 0.3) is 0 Å². The van der Waals surface area contributed by atoms with E-state index in [-0.39, 0.29) is 0 Å². The molecule has 1 aromatic rings. The van der Waals surface area contributed by atoms with Gasteiger partial charge in [-0.25, -0.2) is 0 Å². The van der Waals surface area contributed by atoms with Crippen LogP contribution in [-0.4, -0.2) is 13.2 Å². The summed E-state index contributed by atoms with van der Waals surface area (Å²) in [6.45, 7) is 7.45. The van der Waals surface area contributed by atoms with Gasteiger partial charge in [-0.05, 0) is 55.9 Å². The van der Waals surface area contributed by atoms with Crippen molar-refractivity contribution in [3.8, 4) is 5.75 Å². The fourth-order valence-corrected chi connectivity index (χ4v) is 2.51. The van der Waals surface area contributed by atoms with Crippen LogP contribution in [-0.2, 0) is 6.54 Å². The van der Waals surface area contributed by atoms with Gasteiger partial charge in [-0.2, -0.15) is 0 Å². The first-order valence-electron chi connectivity index (χ1n) is 6.50. The van der Waals surface area contributed by atoms with Gasteiger partial charge in [0.2, 0.25) is 0 Å². The molecule has 0 bridgehead atoms. The highest BCUT2D eigenvalue weighted by molar-refractivity contribution is 5.48. The van der Waals surface area contributed by atoms with Crippen LogP contribution in [0.15, 0.2) is 6.07 Å². The Morgan fingerprint density at radius 2 is 1.94 bits per heavy atom. The molecular weight excluding hydrogens is 210 g/mol. The van der Waals surface area contributed by atoms with Crippen LogP contribution in [0.3, 0.4) is 0 Å². The maximum absolute atomic E-state index is 5.45. The van der Waals surface area contributed by atoms with Gasteiger partial charge in [0.05, 0.1) is 7.11 Å². The summed E-state index contributed by atoms with van der Waals surface area (Å²) < 4.78 is 5.45. The monoisotopic (exact) mass is 233 g/mol. The van der Waals surface area contributed by atoms with Gasteiger partial charge in [0.15, 0.2) is 0 Å². The Kier molecular flexibility index (Phi) is 3.72. The van der Waals surface area contributed by atoms with Gasteiger partial charge in [-0.3, -0.25) is 0 Å². The number of rotatable bonds is 4.